The number of amides is 1. The third kappa shape index (κ3) is 4.93. The fourth-order valence-corrected chi connectivity index (χ4v) is 2.42. The van der Waals surface area contributed by atoms with Gasteiger partial charge in [-0.05, 0) is 28.8 Å². The van der Waals surface area contributed by atoms with E-state index in [0.717, 1.165) is 11.1 Å². The number of nitrogens with zero attached hydrogens (tertiary/aromatic N) is 1. The highest BCUT2D eigenvalue weighted by Gasteiger charge is 2.25. The normalized spacial score (nSPS) is 13.1. The molecule has 0 bridgehead atoms. The number of rotatable bonds is 6. The maximum absolute atomic E-state index is 13.1. The summed E-state index contributed by atoms with van der Waals surface area (Å²) in [5, 5.41) is 21.3. The van der Waals surface area contributed by atoms with Gasteiger partial charge in [0.05, 0.1) is 17.7 Å². The smallest absolute Gasteiger partial charge is 0.253 e. The molecule has 0 aliphatic rings. The molecule has 2 aromatic carbocycles. The van der Waals surface area contributed by atoms with Crippen molar-refractivity contribution < 1.29 is 14.3 Å². The standard InChI is InChI=1S/C18H15Cl2FN2O2/c19-17(20)18(25)23-15(9-21)16(24)14-7-5-13(6-8-14)12-3-1-11(10-22)2-4-12/h1-8,15-17,24H,9H2,(H,23,25)/t15-,16-/m1/s1. The minimum atomic E-state index is -1.33. The number of halogens is 3. The Balaban J connectivity index is 2.14. The summed E-state index contributed by atoms with van der Waals surface area (Å²) in [6.07, 6.45) is -1.24. The minimum Gasteiger partial charge on any atom is -0.386 e. The lowest BCUT2D eigenvalue weighted by Crippen LogP contribution is -2.43. The number of hydrogen-bond acceptors (Lipinski definition) is 3. The van der Waals surface area contributed by atoms with Gasteiger partial charge in [-0.2, -0.15) is 5.26 Å². The molecule has 2 atom stereocenters. The lowest BCUT2D eigenvalue weighted by molar-refractivity contribution is -0.121. The summed E-state index contributed by atoms with van der Waals surface area (Å²) in [6.45, 7) is -0.967. The molecule has 0 fully saturated rings. The number of carbonyl (C=O) groups excluding carboxylic acids is 1. The molecule has 0 saturated heterocycles. The van der Waals surface area contributed by atoms with E-state index in [2.05, 4.69) is 11.4 Å². The SMILES string of the molecule is N#Cc1ccc(-c2ccc([C@@H](O)[C@@H](CF)NC(=O)C(Cl)Cl)cc2)cc1. The Labute approximate surface area is 154 Å². The second-order valence-electron chi connectivity index (χ2n) is 5.33. The molecule has 0 radical (unpaired) electrons. The van der Waals surface area contributed by atoms with Crippen LogP contribution < -0.4 is 5.32 Å². The molecule has 4 nitrogen and oxygen atoms in total. The summed E-state index contributed by atoms with van der Waals surface area (Å²) in [4.78, 5) is 10.1. The fourth-order valence-electron chi connectivity index (χ4n) is 2.29. The number of nitriles is 1. The summed E-state index contributed by atoms with van der Waals surface area (Å²) in [6, 6.07) is 14.8. The van der Waals surface area contributed by atoms with Crippen molar-refractivity contribution >= 4 is 29.1 Å². The first kappa shape index (κ1) is 19.2. The third-order valence-electron chi connectivity index (χ3n) is 3.67. The van der Waals surface area contributed by atoms with Crippen LogP contribution in [0.4, 0.5) is 4.39 Å². The zero-order valence-electron chi connectivity index (χ0n) is 13.0. The Morgan fingerprint density at radius 1 is 1.12 bits per heavy atom. The van der Waals surface area contributed by atoms with Gasteiger partial charge in [0.25, 0.3) is 5.91 Å². The summed E-state index contributed by atoms with van der Waals surface area (Å²) in [7, 11) is 0. The maximum atomic E-state index is 13.1. The molecular formula is C18H15Cl2FN2O2. The number of aliphatic hydroxyl groups is 1. The van der Waals surface area contributed by atoms with E-state index < -0.39 is 29.6 Å². The van der Waals surface area contributed by atoms with Crippen molar-refractivity contribution in [1.82, 2.24) is 5.32 Å². The summed E-state index contributed by atoms with van der Waals surface area (Å²) in [5.74, 6) is -0.765. The van der Waals surface area contributed by atoms with E-state index in [1.54, 1.807) is 36.4 Å². The molecule has 2 rings (SSSR count). The van der Waals surface area contributed by atoms with Crippen LogP contribution in [0.25, 0.3) is 11.1 Å². The van der Waals surface area contributed by atoms with Crippen LogP contribution in [0.5, 0.6) is 0 Å². The largest absolute Gasteiger partial charge is 0.386 e. The van der Waals surface area contributed by atoms with Gasteiger partial charge < -0.3 is 10.4 Å². The molecule has 0 aliphatic carbocycles. The molecular weight excluding hydrogens is 366 g/mol. The van der Waals surface area contributed by atoms with Crippen LogP contribution in [0.15, 0.2) is 48.5 Å². The van der Waals surface area contributed by atoms with Gasteiger partial charge in [0.15, 0.2) is 4.84 Å². The van der Waals surface area contributed by atoms with E-state index in [9.17, 15) is 14.3 Å². The van der Waals surface area contributed by atoms with E-state index in [1.807, 2.05) is 12.1 Å². The van der Waals surface area contributed by atoms with E-state index in [-0.39, 0.29) is 0 Å². The van der Waals surface area contributed by atoms with Crippen LogP contribution in [0.3, 0.4) is 0 Å². The molecule has 1 amide bonds. The van der Waals surface area contributed by atoms with Crippen molar-refractivity contribution in [3.63, 3.8) is 0 Å². The van der Waals surface area contributed by atoms with Gasteiger partial charge >= 0.3 is 0 Å². The zero-order chi connectivity index (χ0) is 18.4. The van der Waals surface area contributed by atoms with E-state index in [4.69, 9.17) is 28.5 Å². The van der Waals surface area contributed by atoms with Gasteiger partial charge in [-0.15, -0.1) is 0 Å². The second-order valence-corrected chi connectivity index (χ2v) is 6.42. The fraction of sp³-hybridized carbons (Fsp3) is 0.222. The summed E-state index contributed by atoms with van der Waals surface area (Å²) < 4.78 is 13.1. The first-order chi connectivity index (χ1) is 12.0. The average Bonchev–Trinajstić information content (AvgIpc) is 2.65. The predicted molar refractivity (Wildman–Crippen MR) is 95.0 cm³/mol. The van der Waals surface area contributed by atoms with Crippen LogP contribution in [0, 0.1) is 11.3 Å². The molecule has 2 aromatic rings. The maximum Gasteiger partial charge on any atom is 0.253 e. The number of carbonyl (C=O) groups is 1. The first-order valence-corrected chi connectivity index (χ1v) is 8.26. The molecule has 0 aromatic heterocycles. The Morgan fingerprint density at radius 2 is 1.64 bits per heavy atom. The molecule has 0 saturated carbocycles. The van der Waals surface area contributed by atoms with Crippen molar-refractivity contribution in [2.24, 2.45) is 0 Å². The lowest BCUT2D eigenvalue weighted by atomic mass is 9.98. The van der Waals surface area contributed by atoms with Crippen LogP contribution in [0.2, 0.25) is 0 Å². The highest BCUT2D eigenvalue weighted by Crippen LogP contribution is 2.24. The van der Waals surface area contributed by atoms with Crippen molar-refractivity contribution in [2.75, 3.05) is 6.67 Å². The highest BCUT2D eigenvalue weighted by atomic mass is 35.5. The first-order valence-electron chi connectivity index (χ1n) is 7.39. The molecule has 25 heavy (non-hydrogen) atoms. The van der Waals surface area contributed by atoms with Gasteiger partial charge in [-0.3, -0.25) is 4.79 Å². The van der Waals surface area contributed by atoms with Crippen LogP contribution >= 0.6 is 23.2 Å². The van der Waals surface area contributed by atoms with E-state index >= 15 is 0 Å². The second kappa shape index (κ2) is 8.82. The number of benzene rings is 2. The van der Waals surface area contributed by atoms with E-state index in [0.29, 0.717) is 11.1 Å². The molecule has 0 heterocycles. The van der Waals surface area contributed by atoms with Crippen LogP contribution in [-0.4, -0.2) is 28.6 Å². The van der Waals surface area contributed by atoms with Gasteiger partial charge in [-0.25, -0.2) is 4.39 Å². The Kier molecular flexibility index (Phi) is 6.77. The van der Waals surface area contributed by atoms with Crippen molar-refractivity contribution in [3.05, 3.63) is 59.7 Å². The van der Waals surface area contributed by atoms with Gasteiger partial charge in [0.1, 0.15) is 12.8 Å². The van der Waals surface area contributed by atoms with Crippen LogP contribution in [0.1, 0.15) is 17.2 Å². The number of nitrogens with one attached hydrogen (secondary N) is 1. The third-order valence-corrected chi connectivity index (χ3v) is 4.07. The van der Waals surface area contributed by atoms with Crippen LogP contribution in [-0.2, 0) is 4.79 Å². The number of alkyl halides is 3. The van der Waals surface area contributed by atoms with Gasteiger partial charge in [-0.1, -0.05) is 59.6 Å². The molecule has 0 spiro atoms. The lowest BCUT2D eigenvalue weighted by Gasteiger charge is -2.22. The molecule has 130 valence electrons. The predicted octanol–water partition coefficient (Wildman–Crippen LogP) is 3.52. The minimum absolute atomic E-state index is 0.445. The van der Waals surface area contributed by atoms with Crippen molar-refractivity contribution in [3.8, 4) is 17.2 Å². The Bertz CT molecular complexity index is 758. The topological polar surface area (TPSA) is 73.1 Å². The summed E-state index contributed by atoms with van der Waals surface area (Å²) in [5.41, 5.74) is 2.79. The Hall–Kier alpha value is -2.13. The monoisotopic (exact) mass is 380 g/mol. The Morgan fingerprint density at radius 3 is 2.08 bits per heavy atom. The number of hydrogen-bond donors (Lipinski definition) is 2. The van der Waals surface area contributed by atoms with E-state index in [1.165, 1.54) is 0 Å². The quantitative estimate of drug-likeness (QED) is 0.752. The summed E-state index contributed by atoms with van der Waals surface area (Å²) >= 11 is 10.8. The van der Waals surface area contributed by atoms with Crippen molar-refractivity contribution in [1.29, 1.82) is 5.26 Å². The number of aliphatic hydroxyl groups excluding tert-OH is 1. The zero-order valence-corrected chi connectivity index (χ0v) is 14.5. The molecule has 0 unspecified atom stereocenters. The van der Waals surface area contributed by atoms with Gasteiger partial charge in [0, 0.05) is 0 Å². The average molecular weight is 381 g/mol. The molecule has 0 aliphatic heterocycles. The highest BCUT2D eigenvalue weighted by molar-refractivity contribution is 6.53. The molecule has 2 N–H and O–H groups in total. The van der Waals surface area contributed by atoms with Crippen molar-refractivity contribution in [2.45, 2.75) is 17.0 Å². The van der Waals surface area contributed by atoms with Gasteiger partial charge in [0.2, 0.25) is 0 Å². The molecule has 7 heteroatoms.